The fourth-order valence-corrected chi connectivity index (χ4v) is 5.93. The third kappa shape index (κ3) is 5.40. The van der Waals surface area contributed by atoms with E-state index >= 15 is 4.39 Å². The van der Waals surface area contributed by atoms with Gasteiger partial charge >= 0.3 is 0 Å². The van der Waals surface area contributed by atoms with Gasteiger partial charge in [0.15, 0.2) is 0 Å². The molecule has 6 heteroatoms. The van der Waals surface area contributed by atoms with Crippen LogP contribution in [-0.2, 0) is 19.3 Å². The third-order valence-corrected chi connectivity index (χ3v) is 8.16. The van der Waals surface area contributed by atoms with Crippen molar-refractivity contribution >= 4 is 6.71 Å². The van der Waals surface area contributed by atoms with Gasteiger partial charge in [0.2, 0.25) is 0 Å². The lowest BCUT2D eigenvalue weighted by Gasteiger charge is -2.20. The van der Waals surface area contributed by atoms with Crippen molar-refractivity contribution in [1.82, 2.24) is 5.32 Å². The molecule has 4 nitrogen and oxygen atoms in total. The number of hydrogen-bond acceptors (Lipinski definition) is 4. The second-order valence-corrected chi connectivity index (χ2v) is 10.5. The van der Waals surface area contributed by atoms with E-state index in [0.29, 0.717) is 17.9 Å². The molecular formula is C34H34BFN2O2. The molecule has 0 spiro atoms. The molecule has 4 aromatic carbocycles. The Kier molecular flexibility index (Phi) is 8.35. The van der Waals surface area contributed by atoms with Gasteiger partial charge in [0.25, 0.3) is 6.71 Å². The molecule has 0 fully saturated rings. The van der Waals surface area contributed by atoms with Crippen molar-refractivity contribution in [1.29, 1.82) is 5.26 Å². The topological polar surface area (TPSA) is 65.3 Å². The Morgan fingerprint density at radius 3 is 2.25 bits per heavy atom. The summed E-state index contributed by atoms with van der Waals surface area (Å²) in [5.41, 5.74) is 11.7. The van der Waals surface area contributed by atoms with Crippen LogP contribution < -0.4 is 10.1 Å². The van der Waals surface area contributed by atoms with Gasteiger partial charge in [0, 0.05) is 24.6 Å². The summed E-state index contributed by atoms with van der Waals surface area (Å²) >= 11 is 0. The minimum Gasteiger partial charge on any atom is -0.496 e. The molecule has 0 unspecified atom stereocenters. The molecule has 1 aliphatic heterocycles. The van der Waals surface area contributed by atoms with Gasteiger partial charge in [-0.2, -0.15) is 0 Å². The van der Waals surface area contributed by atoms with Crippen LogP contribution in [0.3, 0.4) is 0 Å². The number of ether oxygens (including phenoxy) is 1. The van der Waals surface area contributed by atoms with Gasteiger partial charge in [-0.05, 0) is 88.8 Å². The highest BCUT2D eigenvalue weighted by Crippen LogP contribution is 2.39. The largest absolute Gasteiger partial charge is 0.496 e. The highest BCUT2D eigenvalue weighted by molar-refractivity contribution is 6.66. The molecule has 2 N–H and O–H groups in total. The van der Waals surface area contributed by atoms with Gasteiger partial charge in [-0.25, -0.2) is 9.65 Å². The minimum atomic E-state index is -0.337. The maximum atomic E-state index is 15.2. The van der Waals surface area contributed by atoms with Crippen LogP contribution in [0.5, 0.6) is 5.75 Å². The van der Waals surface area contributed by atoms with Crippen LogP contribution in [-0.4, -0.2) is 32.1 Å². The molecule has 0 saturated heterocycles. The van der Waals surface area contributed by atoms with Crippen molar-refractivity contribution in [2.24, 2.45) is 0 Å². The minimum absolute atomic E-state index is 0.0101. The standard InChI is InChI=1S/C34H34BFN2O2/c1-22-28(25-10-11-26-19-35(21-37)13-12-24(26)16-25)6-4-8-30(22)31-9-5-7-29(23(31)2)27-17-33(36)32(20-38-14-15-39)34(18-27)40-3/h4-11,16-18,38-39H,12-15,19-20H2,1-3H3. The Bertz CT molecular complexity index is 1590. The average Bonchev–Trinajstić information content (AvgIpc) is 2.97. The van der Waals surface area contributed by atoms with E-state index in [4.69, 9.17) is 9.84 Å². The van der Waals surface area contributed by atoms with Crippen molar-refractivity contribution in [2.45, 2.75) is 39.5 Å². The van der Waals surface area contributed by atoms with Crippen molar-refractivity contribution in [3.05, 3.63) is 100 Å². The van der Waals surface area contributed by atoms with Crippen molar-refractivity contribution in [2.75, 3.05) is 20.3 Å². The van der Waals surface area contributed by atoms with Gasteiger partial charge in [0.05, 0.1) is 13.7 Å². The molecule has 0 radical (unpaired) electrons. The smallest absolute Gasteiger partial charge is 0.272 e. The highest BCUT2D eigenvalue weighted by atomic mass is 19.1. The quantitative estimate of drug-likeness (QED) is 0.195. The lowest BCUT2D eigenvalue weighted by atomic mass is 9.42. The summed E-state index contributed by atoms with van der Waals surface area (Å²) in [4.78, 5) is 0. The Hall–Kier alpha value is -3.92. The van der Waals surface area contributed by atoms with E-state index in [1.54, 1.807) is 13.2 Å². The Balaban J connectivity index is 1.52. The number of aryl methyl sites for hydroxylation is 1. The van der Waals surface area contributed by atoms with Crippen LogP contribution in [0.4, 0.5) is 4.39 Å². The predicted molar refractivity (Wildman–Crippen MR) is 161 cm³/mol. The molecule has 202 valence electrons. The molecule has 1 heterocycles. The van der Waals surface area contributed by atoms with E-state index < -0.39 is 0 Å². The predicted octanol–water partition coefficient (Wildman–Crippen LogP) is 6.73. The molecule has 0 saturated carbocycles. The number of methoxy groups -OCH3 is 1. The Morgan fingerprint density at radius 2 is 1.60 bits per heavy atom. The van der Waals surface area contributed by atoms with Gasteiger partial charge in [-0.15, -0.1) is 0 Å². The van der Waals surface area contributed by atoms with Gasteiger partial charge < -0.3 is 15.2 Å². The highest BCUT2D eigenvalue weighted by Gasteiger charge is 2.23. The maximum Gasteiger partial charge on any atom is 0.272 e. The number of nitriles is 1. The molecule has 0 aliphatic carbocycles. The SMILES string of the molecule is COc1cc(-c2cccc(-c3cccc(-c4ccc5c(c4)CCB(C#N)C5)c3C)c2C)cc(F)c1CNCCO. The summed E-state index contributed by atoms with van der Waals surface area (Å²) in [6.07, 6.45) is 2.70. The van der Waals surface area contributed by atoms with Crippen LogP contribution >= 0.6 is 0 Å². The molecular weight excluding hydrogens is 498 g/mol. The lowest BCUT2D eigenvalue weighted by molar-refractivity contribution is 0.291. The number of benzene rings is 4. The van der Waals surface area contributed by atoms with Crippen LogP contribution in [0.25, 0.3) is 33.4 Å². The molecule has 5 rings (SSSR count). The molecule has 0 atom stereocenters. The van der Waals surface area contributed by atoms with Crippen LogP contribution in [0.2, 0.25) is 6.32 Å². The van der Waals surface area contributed by atoms with E-state index in [9.17, 15) is 5.26 Å². The molecule has 40 heavy (non-hydrogen) atoms. The van der Waals surface area contributed by atoms with E-state index in [-0.39, 0.29) is 25.7 Å². The van der Waals surface area contributed by atoms with E-state index in [0.717, 1.165) is 46.9 Å². The Labute approximate surface area is 236 Å². The Morgan fingerprint density at radius 1 is 0.925 bits per heavy atom. The first kappa shape index (κ1) is 27.6. The summed E-state index contributed by atoms with van der Waals surface area (Å²) in [6.45, 7) is 5.02. The summed E-state index contributed by atoms with van der Waals surface area (Å²) in [6, 6.07) is 22.7. The average molecular weight is 532 g/mol. The second-order valence-electron chi connectivity index (χ2n) is 10.5. The van der Waals surface area contributed by atoms with Crippen LogP contribution in [0.15, 0.2) is 66.7 Å². The fourth-order valence-electron chi connectivity index (χ4n) is 5.93. The third-order valence-electron chi connectivity index (χ3n) is 8.16. The van der Waals surface area contributed by atoms with Crippen molar-refractivity contribution in [3.63, 3.8) is 0 Å². The molecule has 0 bridgehead atoms. The lowest BCUT2D eigenvalue weighted by Crippen LogP contribution is -2.21. The molecule has 0 amide bonds. The monoisotopic (exact) mass is 532 g/mol. The van der Waals surface area contributed by atoms with E-state index in [1.165, 1.54) is 27.8 Å². The zero-order chi connectivity index (χ0) is 28.2. The number of aliphatic hydroxyl groups excluding tert-OH is 1. The first-order valence-corrected chi connectivity index (χ1v) is 13.8. The van der Waals surface area contributed by atoms with Crippen molar-refractivity contribution in [3.8, 4) is 45.1 Å². The molecule has 1 aliphatic rings. The van der Waals surface area contributed by atoms with E-state index in [1.807, 2.05) is 18.2 Å². The normalized spacial score (nSPS) is 12.7. The fraction of sp³-hybridized carbons (Fsp3) is 0.265. The summed E-state index contributed by atoms with van der Waals surface area (Å²) in [5, 5.41) is 21.4. The van der Waals surface area contributed by atoms with Gasteiger partial charge in [0.1, 0.15) is 11.6 Å². The van der Waals surface area contributed by atoms with Crippen LogP contribution in [0.1, 0.15) is 27.8 Å². The van der Waals surface area contributed by atoms with Crippen LogP contribution in [0, 0.1) is 30.9 Å². The summed E-state index contributed by atoms with van der Waals surface area (Å²) in [7, 11) is 1.55. The number of rotatable bonds is 8. The zero-order valence-corrected chi connectivity index (χ0v) is 23.4. The van der Waals surface area contributed by atoms with Gasteiger partial charge in [-0.1, -0.05) is 66.5 Å². The number of hydrogen-bond donors (Lipinski definition) is 2. The van der Waals surface area contributed by atoms with Gasteiger partial charge in [-0.3, -0.25) is 0 Å². The zero-order valence-electron chi connectivity index (χ0n) is 23.4. The number of nitrogens with zero attached hydrogens (tertiary/aromatic N) is 1. The second kappa shape index (κ2) is 12.1. The number of aliphatic hydroxyl groups is 1. The first-order valence-electron chi connectivity index (χ1n) is 13.8. The van der Waals surface area contributed by atoms with E-state index in [2.05, 4.69) is 67.6 Å². The van der Waals surface area contributed by atoms with Crippen molar-refractivity contribution < 1.29 is 14.2 Å². The first-order chi connectivity index (χ1) is 19.4. The summed E-state index contributed by atoms with van der Waals surface area (Å²) < 4.78 is 20.8. The number of fused-ring (bicyclic) bond motifs is 1. The number of nitrogens with one attached hydrogen (secondary N) is 1. The number of halogens is 1. The maximum absolute atomic E-state index is 15.2. The summed E-state index contributed by atoms with van der Waals surface area (Å²) in [5.74, 6) is 2.58. The molecule has 0 aromatic heterocycles. The molecule has 4 aromatic rings.